The van der Waals surface area contributed by atoms with Gasteiger partial charge in [0.25, 0.3) is 0 Å². The molecule has 0 unspecified atom stereocenters. The fraction of sp³-hybridized carbons (Fsp3) is 0.133. The molecule has 2 rings (SSSR count). The second-order valence-corrected chi connectivity index (χ2v) is 4.95. The largest absolute Gasteiger partial charge is 0.399 e. The average molecular weight is 272 g/mol. The second-order valence-electron chi connectivity index (χ2n) is 4.17. The third kappa shape index (κ3) is 4.60. The number of hydrogen-bond donors (Lipinski definition) is 2. The molecule has 1 aromatic heterocycles. The molecule has 0 saturated heterocycles. The number of carbonyl (C=O) groups is 1. The fourth-order valence-electron chi connectivity index (χ4n) is 1.60. The summed E-state index contributed by atoms with van der Waals surface area (Å²) in [5.74, 6) is -0.0768. The standard InChI is InChI=1S/C15H16N2OS/c16-14-4-1-12(2-5-14)3-6-15(18)17-9-7-13-8-10-19-11-13/h1-6,8,10-11H,7,9,16H2,(H,17,18)/b6-3+. The van der Waals surface area contributed by atoms with Crippen molar-refractivity contribution in [3.05, 3.63) is 58.3 Å². The van der Waals surface area contributed by atoms with Gasteiger partial charge in [0.1, 0.15) is 0 Å². The Hall–Kier alpha value is -2.07. The van der Waals surface area contributed by atoms with Crippen LogP contribution >= 0.6 is 11.3 Å². The molecule has 0 bridgehead atoms. The normalized spacial score (nSPS) is 10.7. The van der Waals surface area contributed by atoms with Crippen molar-refractivity contribution in [1.29, 1.82) is 0 Å². The summed E-state index contributed by atoms with van der Waals surface area (Å²) in [5.41, 5.74) is 8.53. The molecule has 19 heavy (non-hydrogen) atoms. The van der Waals surface area contributed by atoms with E-state index in [9.17, 15) is 4.79 Å². The topological polar surface area (TPSA) is 55.1 Å². The highest BCUT2D eigenvalue weighted by Gasteiger charge is 1.96. The van der Waals surface area contributed by atoms with E-state index < -0.39 is 0 Å². The van der Waals surface area contributed by atoms with Gasteiger partial charge in [-0.25, -0.2) is 0 Å². The first-order chi connectivity index (χ1) is 9.24. The second kappa shape index (κ2) is 6.75. The lowest BCUT2D eigenvalue weighted by Crippen LogP contribution is -2.23. The highest BCUT2D eigenvalue weighted by Crippen LogP contribution is 2.07. The predicted octanol–water partition coefficient (Wildman–Crippen LogP) is 2.70. The van der Waals surface area contributed by atoms with Gasteiger partial charge in [-0.05, 0) is 52.6 Å². The van der Waals surface area contributed by atoms with Crippen molar-refractivity contribution < 1.29 is 4.79 Å². The van der Waals surface area contributed by atoms with Crippen LogP contribution in [0.3, 0.4) is 0 Å². The van der Waals surface area contributed by atoms with Crippen molar-refractivity contribution in [2.45, 2.75) is 6.42 Å². The van der Waals surface area contributed by atoms with Gasteiger partial charge in [-0.3, -0.25) is 4.79 Å². The SMILES string of the molecule is Nc1ccc(/C=C/C(=O)NCCc2ccsc2)cc1. The zero-order valence-corrected chi connectivity index (χ0v) is 11.3. The summed E-state index contributed by atoms with van der Waals surface area (Å²) < 4.78 is 0. The minimum atomic E-state index is -0.0768. The number of hydrogen-bond acceptors (Lipinski definition) is 3. The molecule has 0 radical (unpaired) electrons. The summed E-state index contributed by atoms with van der Waals surface area (Å²) >= 11 is 1.67. The molecule has 1 aromatic carbocycles. The van der Waals surface area contributed by atoms with Gasteiger partial charge in [0, 0.05) is 18.3 Å². The van der Waals surface area contributed by atoms with E-state index >= 15 is 0 Å². The number of nitrogens with two attached hydrogens (primary N) is 1. The minimum absolute atomic E-state index is 0.0768. The third-order valence-corrected chi connectivity index (χ3v) is 3.39. The molecule has 3 nitrogen and oxygen atoms in total. The lowest BCUT2D eigenvalue weighted by Gasteiger charge is -2.00. The number of amides is 1. The van der Waals surface area contributed by atoms with Crippen LogP contribution in [0.15, 0.2) is 47.2 Å². The van der Waals surface area contributed by atoms with Crippen LogP contribution in [0.5, 0.6) is 0 Å². The van der Waals surface area contributed by atoms with Crippen LogP contribution in [0.2, 0.25) is 0 Å². The predicted molar refractivity (Wildman–Crippen MR) is 80.9 cm³/mol. The van der Waals surface area contributed by atoms with Crippen molar-refractivity contribution in [3.63, 3.8) is 0 Å². The molecular formula is C15H16N2OS. The molecule has 1 amide bonds. The average Bonchev–Trinajstić information content (AvgIpc) is 2.91. The number of carbonyl (C=O) groups excluding carboxylic acids is 1. The van der Waals surface area contributed by atoms with E-state index in [1.807, 2.05) is 29.6 Å². The molecule has 3 N–H and O–H groups in total. The van der Waals surface area contributed by atoms with E-state index in [1.54, 1.807) is 23.5 Å². The maximum Gasteiger partial charge on any atom is 0.244 e. The van der Waals surface area contributed by atoms with E-state index in [2.05, 4.69) is 16.8 Å². The van der Waals surface area contributed by atoms with Gasteiger partial charge in [0.15, 0.2) is 0 Å². The molecule has 0 aliphatic heterocycles. The number of thiophene rings is 1. The van der Waals surface area contributed by atoms with Gasteiger partial charge in [-0.2, -0.15) is 11.3 Å². The van der Waals surface area contributed by atoms with Crippen molar-refractivity contribution in [1.82, 2.24) is 5.32 Å². The minimum Gasteiger partial charge on any atom is -0.399 e. The van der Waals surface area contributed by atoms with Gasteiger partial charge in [-0.1, -0.05) is 12.1 Å². The Labute approximate surface area is 116 Å². The highest BCUT2D eigenvalue weighted by atomic mass is 32.1. The number of nitrogen functional groups attached to an aromatic ring is 1. The van der Waals surface area contributed by atoms with E-state index in [0.717, 1.165) is 17.7 Å². The summed E-state index contributed by atoms with van der Waals surface area (Å²) in [6.07, 6.45) is 4.18. The van der Waals surface area contributed by atoms with Crippen molar-refractivity contribution in [2.75, 3.05) is 12.3 Å². The summed E-state index contributed by atoms with van der Waals surface area (Å²) in [6.45, 7) is 0.654. The van der Waals surface area contributed by atoms with Gasteiger partial charge in [0.05, 0.1) is 0 Å². The smallest absolute Gasteiger partial charge is 0.244 e. The third-order valence-electron chi connectivity index (χ3n) is 2.66. The lowest BCUT2D eigenvalue weighted by molar-refractivity contribution is -0.116. The monoisotopic (exact) mass is 272 g/mol. The quantitative estimate of drug-likeness (QED) is 0.649. The maximum atomic E-state index is 11.6. The molecule has 0 fully saturated rings. The van der Waals surface area contributed by atoms with Gasteiger partial charge in [-0.15, -0.1) is 0 Å². The Kier molecular flexibility index (Phi) is 4.75. The Morgan fingerprint density at radius 1 is 1.26 bits per heavy atom. The van der Waals surface area contributed by atoms with Gasteiger partial charge >= 0.3 is 0 Å². The fourth-order valence-corrected chi connectivity index (χ4v) is 2.31. The Morgan fingerprint density at radius 2 is 2.05 bits per heavy atom. The Balaban J connectivity index is 1.76. The molecule has 1 heterocycles. The number of benzene rings is 1. The molecule has 0 aliphatic carbocycles. The van der Waals surface area contributed by atoms with E-state index in [4.69, 9.17) is 5.73 Å². The molecule has 0 saturated carbocycles. The zero-order valence-electron chi connectivity index (χ0n) is 10.5. The summed E-state index contributed by atoms with van der Waals surface area (Å²) in [5, 5.41) is 6.99. The molecule has 2 aromatic rings. The van der Waals surface area contributed by atoms with E-state index in [0.29, 0.717) is 6.54 Å². The summed E-state index contributed by atoms with van der Waals surface area (Å²) in [4.78, 5) is 11.6. The van der Waals surface area contributed by atoms with E-state index in [1.165, 1.54) is 5.56 Å². The number of nitrogens with one attached hydrogen (secondary N) is 1. The first kappa shape index (κ1) is 13.4. The van der Waals surface area contributed by atoms with Crippen molar-refractivity contribution in [3.8, 4) is 0 Å². The maximum absolute atomic E-state index is 11.6. The van der Waals surface area contributed by atoms with Crippen molar-refractivity contribution >= 4 is 29.0 Å². The molecule has 98 valence electrons. The van der Waals surface area contributed by atoms with Crippen LogP contribution in [-0.4, -0.2) is 12.5 Å². The van der Waals surface area contributed by atoms with Crippen LogP contribution < -0.4 is 11.1 Å². The number of rotatable bonds is 5. The molecule has 4 heteroatoms. The van der Waals surface area contributed by atoms with E-state index in [-0.39, 0.29) is 5.91 Å². The Bertz CT molecular complexity index is 544. The first-order valence-electron chi connectivity index (χ1n) is 6.06. The van der Waals surface area contributed by atoms with Crippen LogP contribution in [0.1, 0.15) is 11.1 Å². The highest BCUT2D eigenvalue weighted by molar-refractivity contribution is 7.07. The molecule has 0 atom stereocenters. The van der Waals surface area contributed by atoms with Crippen LogP contribution in [0.25, 0.3) is 6.08 Å². The Morgan fingerprint density at radius 3 is 2.74 bits per heavy atom. The summed E-state index contributed by atoms with van der Waals surface area (Å²) in [7, 11) is 0. The molecule has 0 aliphatic rings. The zero-order chi connectivity index (χ0) is 13.5. The van der Waals surface area contributed by atoms with Gasteiger partial charge < -0.3 is 11.1 Å². The number of anilines is 1. The van der Waals surface area contributed by atoms with Crippen LogP contribution in [-0.2, 0) is 11.2 Å². The van der Waals surface area contributed by atoms with Crippen LogP contribution in [0.4, 0.5) is 5.69 Å². The van der Waals surface area contributed by atoms with Crippen LogP contribution in [0, 0.1) is 0 Å². The first-order valence-corrected chi connectivity index (χ1v) is 7.01. The molecular weight excluding hydrogens is 256 g/mol. The molecule has 0 spiro atoms. The van der Waals surface area contributed by atoms with Gasteiger partial charge in [0.2, 0.25) is 5.91 Å². The lowest BCUT2D eigenvalue weighted by atomic mass is 10.2. The van der Waals surface area contributed by atoms with Crippen molar-refractivity contribution in [2.24, 2.45) is 0 Å². The summed E-state index contributed by atoms with van der Waals surface area (Å²) in [6, 6.07) is 9.46.